The Kier molecular flexibility index (Phi) is 5.83. The Hall–Kier alpha value is -1.72. The third-order valence-electron chi connectivity index (χ3n) is 6.70. The molecular weight excluding hydrogens is 353 g/mol. The van der Waals surface area contributed by atoms with Crippen molar-refractivity contribution in [3.05, 3.63) is 53.1 Å². The van der Waals surface area contributed by atoms with E-state index in [1.54, 1.807) is 12.1 Å². The molecule has 1 unspecified atom stereocenters. The van der Waals surface area contributed by atoms with E-state index in [1.807, 2.05) is 18.3 Å². The van der Waals surface area contributed by atoms with Crippen LogP contribution in [0.25, 0.3) is 0 Å². The van der Waals surface area contributed by atoms with Crippen molar-refractivity contribution in [1.29, 1.82) is 0 Å². The van der Waals surface area contributed by atoms with Gasteiger partial charge in [-0.3, -0.25) is 9.58 Å². The molecule has 2 fully saturated rings. The second-order valence-corrected chi connectivity index (χ2v) is 8.57. The third-order valence-corrected chi connectivity index (χ3v) is 6.70. The lowest BCUT2D eigenvalue weighted by atomic mass is 9.77. The van der Waals surface area contributed by atoms with Crippen molar-refractivity contribution >= 4 is 0 Å². The largest absolute Gasteiger partial charge is 0.375 e. The number of piperidine rings is 1. The van der Waals surface area contributed by atoms with E-state index in [9.17, 15) is 4.39 Å². The zero-order chi connectivity index (χ0) is 19.6. The first kappa shape index (κ1) is 19.6. The lowest BCUT2D eigenvalue weighted by molar-refractivity contribution is -0.127. The SMILES string of the molecule is CCn1ncc(CN2CCC3(CC2)CC(Cc2ccc(F)cc2)CCO3)c1C. The van der Waals surface area contributed by atoms with Crippen LogP contribution in [0.15, 0.2) is 30.5 Å². The highest BCUT2D eigenvalue weighted by Crippen LogP contribution is 2.39. The van der Waals surface area contributed by atoms with E-state index < -0.39 is 0 Å². The summed E-state index contributed by atoms with van der Waals surface area (Å²) in [6, 6.07) is 7.01. The maximum atomic E-state index is 13.2. The average Bonchev–Trinajstić information content (AvgIpc) is 3.05. The molecule has 0 radical (unpaired) electrons. The molecule has 3 heterocycles. The number of aryl methyl sites for hydroxylation is 1. The number of ether oxygens (including phenoxy) is 1. The molecule has 0 saturated carbocycles. The van der Waals surface area contributed by atoms with Crippen LogP contribution in [0.1, 0.15) is 49.4 Å². The molecule has 1 atom stereocenters. The molecule has 4 nitrogen and oxygen atoms in total. The minimum absolute atomic E-state index is 0.0437. The van der Waals surface area contributed by atoms with Gasteiger partial charge in [-0.2, -0.15) is 5.10 Å². The first-order valence-corrected chi connectivity index (χ1v) is 10.7. The zero-order valence-corrected chi connectivity index (χ0v) is 17.2. The summed E-state index contributed by atoms with van der Waals surface area (Å²) in [4.78, 5) is 2.54. The van der Waals surface area contributed by atoms with E-state index in [4.69, 9.17) is 4.74 Å². The van der Waals surface area contributed by atoms with Crippen molar-refractivity contribution in [3.63, 3.8) is 0 Å². The van der Waals surface area contributed by atoms with Gasteiger partial charge in [0.1, 0.15) is 5.82 Å². The lowest BCUT2D eigenvalue weighted by Gasteiger charge is -2.46. The van der Waals surface area contributed by atoms with E-state index in [1.165, 1.54) is 16.8 Å². The van der Waals surface area contributed by atoms with E-state index in [0.717, 1.165) is 64.9 Å². The van der Waals surface area contributed by atoms with E-state index in [2.05, 4.69) is 28.5 Å². The van der Waals surface area contributed by atoms with Gasteiger partial charge >= 0.3 is 0 Å². The van der Waals surface area contributed by atoms with Crippen LogP contribution in [-0.2, 0) is 24.2 Å². The molecule has 4 rings (SSSR count). The van der Waals surface area contributed by atoms with Crippen LogP contribution >= 0.6 is 0 Å². The zero-order valence-electron chi connectivity index (χ0n) is 17.2. The average molecular weight is 386 g/mol. The molecule has 0 N–H and O–H groups in total. The van der Waals surface area contributed by atoms with Crippen LogP contribution in [0, 0.1) is 18.7 Å². The summed E-state index contributed by atoms with van der Waals surface area (Å²) in [7, 11) is 0. The van der Waals surface area contributed by atoms with Crippen molar-refractivity contribution in [2.45, 2.75) is 64.6 Å². The maximum Gasteiger partial charge on any atom is 0.123 e. The number of nitrogens with zero attached hydrogens (tertiary/aromatic N) is 3. The fourth-order valence-corrected chi connectivity index (χ4v) is 4.92. The second-order valence-electron chi connectivity index (χ2n) is 8.57. The van der Waals surface area contributed by atoms with Gasteiger partial charge in [-0.05, 0) is 69.6 Å². The molecule has 2 saturated heterocycles. The molecule has 0 amide bonds. The third kappa shape index (κ3) is 4.31. The van der Waals surface area contributed by atoms with Crippen molar-refractivity contribution in [2.75, 3.05) is 19.7 Å². The minimum Gasteiger partial charge on any atom is -0.375 e. The molecule has 5 heteroatoms. The van der Waals surface area contributed by atoms with Crippen molar-refractivity contribution in [1.82, 2.24) is 14.7 Å². The van der Waals surface area contributed by atoms with Crippen LogP contribution in [-0.4, -0.2) is 40.0 Å². The maximum absolute atomic E-state index is 13.2. The van der Waals surface area contributed by atoms with Gasteiger partial charge in [0.25, 0.3) is 0 Å². The van der Waals surface area contributed by atoms with Crippen LogP contribution in [0.4, 0.5) is 4.39 Å². The van der Waals surface area contributed by atoms with Crippen molar-refractivity contribution in [3.8, 4) is 0 Å². The molecule has 1 spiro atoms. The summed E-state index contributed by atoms with van der Waals surface area (Å²) >= 11 is 0. The summed E-state index contributed by atoms with van der Waals surface area (Å²) in [6.45, 7) is 9.24. The highest BCUT2D eigenvalue weighted by atomic mass is 19.1. The number of hydrogen-bond acceptors (Lipinski definition) is 3. The molecule has 1 aromatic heterocycles. The van der Waals surface area contributed by atoms with Crippen LogP contribution in [0.3, 0.4) is 0 Å². The van der Waals surface area contributed by atoms with Crippen molar-refractivity contribution < 1.29 is 9.13 Å². The van der Waals surface area contributed by atoms with Gasteiger partial charge in [-0.25, -0.2) is 4.39 Å². The Labute approximate surface area is 167 Å². The highest BCUT2D eigenvalue weighted by molar-refractivity contribution is 5.17. The van der Waals surface area contributed by atoms with E-state index in [-0.39, 0.29) is 11.4 Å². The number of hydrogen-bond donors (Lipinski definition) is 0. The Morgan fingerprint density at radius 1 is 1.21 bits per heavy atom. The number of benzene rings is 1. The molecule has 0 bridgehead atoms. The van der Waals surface area contributed by atoms with Gasteiger partial charge in [-0.1, -0.05) is 12.1 Å². The summed E-state index contributed by atoms with van der Waals surface area (Å²) in [5.74, 6) is 0.482. The normalized spacial score (nSPS) is 22.6. The minimum atomic E-state index is -0.153. The van der Waals surface area contributed by atoms with E-state index in [0.29, 0.717) is 5.92 Å². The Balaban J connectivity index is 1.32. The van der Waals surface area contributed by atoms with E-state index >= 15 is 0 Å². The molecule has 2 aromatic rings. The standard InChI is InChI=1S/C23H32FN3O/c1-3-27-18(2)21(16-25-27)17-26-11-9-23(10-12-26)15-20(8-13-28-23)14-19-4-6-22(24)7-5-19/h4-7,16,20H,3,8-15,17H2,1-2H3. The fraction of sp³-hybridized carbons (Fsp3) is 0.609. The monoisotopic (exact) mass is 385 g/mol. The van der Waals surface area contributed by atoms with Gasteiger partial charge in [0.2, 0.25) is 0 Å². The predicted molar refractivity (Wildman–Crippen MR) is 109 cm³/mol. The Bertz CT molecular complexity index is 778. The summed E-state index contributed by atoms with van der Waals surface area (Å²) in [5, 5.41) is 4.48. The van der Waals surface area contributed by atoms with Gasteiger partial charge in [0, 0.05) is 44.0 Å². The summed E-state index contributed by atoms with van der Waals surface area (Å²) < 4.78 is 21.6. The number of halogens is 1. The smallest absolute Gasteiger partial charge is 0.123 e. The molecule has 2 aliphatic rings. The molecule has 1 aromatic carbocycles. The van der Waals surface area contributed by atoms with Gasteiger partial charge in [-0.15, -0.1) is 0 Å². The topological polar surface area (TPSA) is 30.3 Å². The predicted octanol–water partition coefficient (Wildman–Crippen LogP) is 4.35. The number of aromatic nitrogens is 2. The molecule has 28 heavy (non-hydrogen) atoms. The molecule has 2 aliphatic heterocycles. The first-order chi connectivity index (χ1) is 13.6. The Morgan fingerprint density at radius 2 is 1.96 bits per heavy atom. The fourth-order valence-electron chi connectivity index (χ4n) is 4.92. The highest BCUT2D eigenvalue weighted by Gasteiger charge is 2.40. The quantitative estimate of drug-likeness (QED) is 0.766. The lowest BCUT2D eigenvalue weighted by Crippen LogP contribution is -2.49. The van der Waals surface area contributed by atoms with Crippen LogP contribution < -0.4 is 0 Å². The summed E-state index contributed by atoms with van der Waals surface area (Å²) in [5.41, 5.74) is 3.92. The number of rotatable bonds is 5. The number of likely N-dealkylation sites (tertiary alicyclic amines) is 1. The van der Waals surface area contributed by atoms with Gasteiger partial charge < -0.3 is 4.74 Å². The van der Waals surface area contributed by atoms with Gasteiger partial charge in [0.05, 0.1) is 11.8 Å². The molecule has 152 valence electrons. The van der Waals surface area contributed by atoms with Crippen molar-refractivity contribution in [2.24, 2.45) is 5.92 Å². The van der Waals surface area contributed by atoms with Crippen LogP contribution in [0.2, 0.25) is 0 Å². The van der Waals surface area contributed by atoms with Gasteiger partial charge in [0.15, 0.2) is 0 Å². The molecule has 0 aliphatic carbocycles. The van der Waals surface area contributed by atoms with Crippen LogP contribution in [0.5, 0.6) is 0 Å². The molecular formula is C23H32FN3O. The first-order valence-electron chi connectivity index (χ1n) is 10.7. The summed E-state index contributed by atoms with van der Waals surface area (Å²) in [6.07, 6.45) is 7.51. The second kappa shape index (κ2) is 8.34. The Morgan fingerprint density at radius 3 is 2.64 bits per heavy atom.